The van der Waals surface area contributed by atoms with Gasteiger partial charge in [0, 0.05) is 18.2 Å². The Morgan fingerprint density at radius 1 is 1.31 bits per heavy atom. The number of fused-ring (bicyclic) bond motifs is 2. The van der Waals surface area contributed by atoms with E-state index in [1.54, 1.807) is 6.07 Å². The second-order valence-corrected chi connectivity index (χ2v) is 7.98. The van der Waals surface area contributed by atoms with Gasteiger partial charge in [-0.25, -0.2) is 0 Å². The summed E-state index contributed by atoms with van der Waals surface area (Å²) < 4.78 is 20.0. The molecule has 1 unspecified atom stereocenters. The highest BCUT2D eigenvalue weighted by molar-refractivity contribution is 7.16. The van der Waals surface area contributed by atoms with Crippen LogP contribution in [0.15, 0.2) is 41.4 Å². The zero-order valence-corrected chi connectivity index (χ0v) is 17.8. The number of ether oxygens (including phenoxy) is 3. The number of nitrogens with zero attached hydrogens (tertiary/aromatic N) is 2. The highest BCUT2D eigenvalue weighted by Gasteiger charge is 2.27. The van der Waals surface area contributed by atoms with Crippen molar-refractivity contribution >= 4 is 39.1 Å². The lowest BCUT2D eigenvalue weighted by atomic mass is 10.2. The van der Waals surface area contributed by atoms with Crippen LogP contribution in [0.4, 0.5) is 0 Å². The smallest absolute Gasteiger partial charge is 0.292 e. The van der Waals surface area contributed by atoms with E-state index in [0.29, 0.717) is 41.1 Å². The topological polar surface area (TPSA) is 62.1 Å². The van der Waals surface area contributed by atoms with E-state index in [1.807, 2.05) is 48.7 Å². The molecule has 0 saturated heterocycles. The first-order valence-electron chi connectivity index (χ1n) is 9.41. The minimum atomic E-state index is -0.778. The van der Waals surface area contributed by atoms with Crippen molar-refractivity contribution in [3.63, 3.8) is 0 Å². The maximum atomic E-state index is 12.9. The third-order valence-corrected chi connectivity index (χ3v) is 6.14. The van der Waals surface area contributed by atoms with E-state index in [1.165, 1.54) is 11.3 Å². The summed E-state index contributed by atoms with van der Waals surface area (Å²) in [5, 5.41) is 0.680. The number of para-hydroxylation sites is 2. The molecule has 0 bridgehead atoms. The van der Waals surface area contributed by atoms with Crippen LogP contribution >= 0.6 is 22.9 Å². The number of carbonyl (C=O) groups is 1. The van der Waals surface area contributed by atoms with Crippen LogP contribution in [0, 0.1) is 6.92 Å². The average Bonchev–Trinajstić information content (AvgIpc) is 3.08. The number of carbonyl (C=O) groups excluding carboxylic acids is 1. The number of hydrogen-bond acceptors (Lipinski definition) is 5. The summed E-state index contributed by atoms with van der Waals surface area (Å²) in [6, 6.07) is 11.1. The fourth-order valence-electron chi connectivity index (χ4n) is 3.22. The molecule has 4 rings (SSSR count). The molecule has 3 aromatic rings. The number of rotatable bonds is 5. The number of aryl methyl sites for hydroxylation is 1. The molecule has 2 aromatic carbocycles. The van der Waals surface area contributed by atoms with Gasteiger partial charge in [-0.3, -0.25) is 4.79 Å². The summed E-state index contributed by atoms with van der Waals surface area (Å²) in [6.45, 7) is 5.77. The molecule has 29 heavy (non-hydrogen) atoms. The second-order valence-electron chi connectivity index (χ2n) is 6.57. The Bertz CT molecular complexity index is 1120. The predicted octanol–water partition coefficient (Wildman–Crippen LogP) is 3.97. The summed E-state index contributed by atoms with van der Waals surface area (Å²) >= 11 is 7.78. The van der Waals surface area contributed by atoms with Crippen LogP contribution in [0.25, 0.3) is 10.2 Å². The van der Waals surface area contributed by atoms with Crippen molar-refractivity contribution in [1.82, 2.24) is 4.57 Å². The maximum Gasteiger partial charge on any atom is 0.292 e. The Morgan fingerprint density at radius 2 is 2.10 bits per heavy atom. The van der Waals surface area contributed by atoms with E-state index in [0.717, 1.165) is 15.8 Å². The summed E-state index contributed by atoms with van der Waals surface area (Å²) in [5.74, 6) is 0.811. The maximum absolute atomic E-state index is 12.9. The van der Waals surface area contributed by atoms with Crippen LogP contribution in [-0.4, -0.2) is 36.4 Å². The van der Waals surface area contributed by atoms with Gasteiger partial charge in [0.15, 0.2) is 16.3 Å². The SMILES string of the molecule is CCOCCn1c(=NC(=O)C2COc3ccccc3O2)sc2ccc(Cl)c(C)c21. The normalized spacial score (nSPS) is 16.4. The molecule has 152 valence electrons. The fraction of sp³-hybridized carbons (Fsp3) is 0.333. The summed E-state index contributed by atoms with van der Waals surface area (Å²) in [4.78, 5) is 17.8. The van der Waals surface area contributed by atoms with Crippen molar-refractivity contribution < 1.29 is 19.0 Å². The van der Waals surface area contributed by atoms with Crippen molar-refractivity contribution in [2.24, 2.45) is 4.99 Å². The molecular formula is C21H21ClN2O4S. The van der Waals surface area contributed by atoms with Gasteiger partial charge in [-0.05, 0) is 43.7 Å². The quantitative estimate of drug-likeness (QED) is 0.572. The third kappa shape index (κ3) is 4.03. The van der Waals surface area contributed by atoms with Gasteiger partial charge in [0.1, 0.15) is 6.61 Å². The lowest BCUT2D eigenvalue weighted by Crippen LogP contribution is -2.37. The first kappa shape index (κ1) is 19.9. The Morgan fingerprint density at radius 3 is 2.90 bits per heavy atom. The lowest BCUT2D eigenvalue weighted by Gasteiger charge is -2.23. The van der Waals surface area contributed by atoms with Gasteiger partial charge in [0.2, 0.25) is 6.10 Å². The van der Waals surface area contributed by atoms with Gasteiger partial charge < -0.3 is 18.8 Å². The molecule has 8 heteroatoms. The van der Waals surface area contributed by atoms with E-state index in [9.17, 15) is 4.79 Å². The van der Waals surface area contributed by atoms with Gasteiger partial charge in [0.05, 0.1) is 16.8 Å². The molecule has 2 heterocycles. The van der Waals surface area contributed by atoms with Crippen molar-refractivity contribution in [3.05, 3.63) is 51.8 Å². The Kier molecular flexibility index (Phi) is 5.89. The largest absolute Gasteiger partial charge is 0.485 e. The standard InChI is InChI=1S/C21H21ClN2O4S/c1-3-26-11-10-24-19-13(2)14(22)8-9-18(19)29-21(24)23-20(25)17-12-27-15-6-4-5-7-16(15)28-17/h4-9,17H,3,10-12H2,1-2H3. The number of benzene rings is 2. The second kappa shape index (κ2) is 8.57. The molecule has 1 amide bonds. The van der Waals surface area contributed by atoms with E-state index >= 15 is 0 Å². The highest BCUT2D eigenvalue weighted by Crippen LogP contribution is 2.31. The molecule has 1 atom stereocenters. The van der Waals surface area contributed by atoms with Crippen LogP contribution in [0.5, 0.6) is 11.5 Å². The van der Waals surface area contributed by atoms with E-state index in [2.05, 4.69) is 4.99 Å². The summed E-state index contributed by atoms with van der Waals surface area (Å²) in [5.41, 5.74) is 1.93. The Hall–Kier alpha value is -2.35. The van der Waals surface area contributed by atoms with Crippen LogP contribution in [-0.2, 0) is 16.1 Å². The van der Waals surface area contributed by atoms with E-state index in [4.69, 9.17) is 25.8 Å². The molecule has 0 fully saturated rings. The number of aromatic nitrogens is 1. The molecule has 0 radical (unpaired) electrons. The third-order valence-electron chi connectivity index (χ3n) is 4.68. The monoisotopic (exact) mass is 432 g/mol. The first-order valence-corrected chi connectivity index (χ1v) is 10.6. The number of hydrogen-bond donors (Lipinski definition) is 0. The zero-order valence-electron chi connectivity index (χ0n) is 16.2. The van der Waals surface area contributed by atoms with Crippen LogP contribution < -0.4 is 14.3 Å². The van der Waals surface area contributed by atoms with Crippen LogP contribution in [0.3, 0.4) is 0 Å². The molecule has 6 nitrogen and oxygen atoms in total. The van der Waals surface area contributed by atoms with Crippen molar-refractivity contribution in [2.75, 3.05) is 19.8 Å². The Balaban J connectivity index is 1.70. The average molecular weight is 433 g/mol. The minimum absolute atomic E-state index is 0.133. The van der Waals surface area contributed by atoms with Crippen molar-refractivity contribution in [3.8, 4) is 11.5 Å². The number of amides is 1. The molecule has 1 aliphatic heterocycles. The van der Waals surface area contributed by atoms with Gasteiger partial charge in [-0.1, -0.05) is 35.1 Å². The van der Waals surface area contributed by atoms with E-state index in [-0.39, 0.29) is 12.5 Å². The minimum Gasteiger partial charge on any atom is -0.485 e. The van der Waals surface area contributed by atoms with E-state index < -0.39 is 6.10 Å². The molecule has 0 N–H and O–H groups in total. The molecule has 0 saturated carbocycles. The van der Waals surface area contributed by atoms with Crippen molar-refractivity contribution in [1.29, 1.82) is 0 Å². The number of thiazole rings is 1. The van der Waals surface area contributed by atoms with Gasteiger partial charge in [-0.2, -0.15) is 4.99 Å². The molecule has 0 spiro atoms. The van der Waals surface area contributed by atoms with Gasteiger partial charge in [-0.15, -0.1) is 0 Å². The molecule has 0 aliphatic carbocycles. The number of halogens is 1. The van der Waals surface area contributed by atoms with Crippen LogP contribution in [0.2, 0.25) is 5.02 Å². The summed E-state index contributed by atoms with van der Waals surface area (Å²) in [7, 11) is 0. The molecular weight excluding hydrogens is 412 g/mol. The molecule has 1 aromatic heterocycles. The fourth-order valence-corrected chi connectivity index (χ4v) is 4.49. The lowest BCUT2D eigenvalue weighted by molar-refractivity contribution is -0.127. The first-order chi connectivity index (χ1) is 14.1. The Labute approximate surface area is 177 Å². The van der Waals surface area contributed by atoms with Gasteiger partial charge >= 0.3 is 0 Å². The van der Waals surface area contributed by atoms with Crippen molar-refractivity contribution in [2.45, 2.75) is 26.5 Å². The zero-order chi connectivity index (χ0) is 20.4. The van der Waals surface area contributed by atoms with Crippen LogP contribution in [0.1, 0.15) is 12.5 Å². The summed E-state index contributed by atoms with van der Waals surface area (Å²) in [6.07, 6.45) is -0.778. The molecule has 1 aliphatic rings. The van der Waals surface area contributed by atoms with Gasteiger partial charge in [0.25, 0.3) is 5.91 Å². The predicted molar refractivity (Wildman–Crippen MR) is 113 cm³/mol. The highest BCUT2D eigenvalue weighted by atomic mass is 35.5.